The first-order chi connectivity index (χ1) is 11.3. The highest BCUT2D eigenvalue weighted by atomic mass is 32.2. The minimum Gasteiger partial charge on any atom is -0.481 e. The summed E-state index contributed by atoms with van der Waals surface area (Å²) >= 11 is 0. The number of anilines is 1. The third kappa shape index (κ3) is 2.96. The van der Waals surface area contributed by atoms with E-state index in [1.54, 1.807) is 6.92 Å². The number of hydrogen-bond acceptors (Lipinski definition) is 5. The molecule has 2 aliphatic heterocycles. The van der Waals surface area contributed by atoms with Crippen LogP contribution in [0.5, 0.6) is 5.75 Å². The van der Waals surface area contributed by atoms with Crippen LogP contribution >= 0.6 is 0 Å². The maximum atomic E-state index is 12.7. The number of piperidine rings is 1. The molecule has 8 nitrogen and oxygen atoms in total. The van der Waals surface area contributed by atoms with E-state index in [9.17, 15) is 18.0 Å². The minimum absolute atomic E-state index is 0.0495. The van der Waals surface area contributed by atoms with Crippen LogP contribution in [0.3, 0.4) is 0 Å². The Morgan fingerprint density at radius 1 is 1.33 bits per heavy atom. The molecular formula is C15H18N2O6S. The predicted octanol–water partition coefficient (Wildman–Crippen LogP) is 0.891. The molecule has 9 heteroatoms. The molecule has 0 bridgehead atoms. The summed E-state index contributed by atoms with van der Waals surface area (Å²) in [6.07, 6.45) is -0.0525. The number of nitrogens with zero attached hydrogens (tertiary/aromatic N) is 1. The molecule has 2 aliphatic rings. The van der Waals surface area contributed by atoms with E-state index in [1.165, 1.54) is 22.5 Å². The molecular weight excluding hydrogens is 336 g/mol. The molecule has 1 saturated heterocycles. The zero-order valence-electron chi connectivity index (χ0n) is 13.1. The van der Waals surface area contributed by atoms with Crippen molar-refractivity contribution < 1.29 is 27.9 Å². The van der Waals surface area contributed by atoms with Crippen molar-refractivity contribution in [1.29, 1.82) is 0 Å². The number of aliphatic carboxylic acids is 1. The van der Waals surface area contributed by atoms with Gasteiger partial charge in [-0.1, -0.05) is 0 Å². The molecule has 24 heavy (non-hydrogen) atoms. The van der Waals surface area contributed by atoms with Crippen molar-refractivity contribution in [3.8, 4) is 5.75 Å². The molecule has 0 saturated carbocycles. The van der Waals surface area contributed by atoms with Gasteiger partial charge in [-0.15, -0.1) is 0 Å². The average Bonchev–Trinajstić information content (AvgIpc) is 2.55. The quantitative estimate of drug-likeness (QED) is 0.833. The summed E-state index contributed by atoms with van der Waals surface area (Å²) in [6.45, 7) is 1.93. The van der Waals surface area contributed by atoms with Crippen LogP contribution in [0.4, 0.5) is 5.69 Å². The van der Waals surface area contributed by atoms with E-state index in [-0.39, 0.29) is 36.7 Å². The zero-order valence-corrected chi connectivity index (χ0v) is 13.9. The van der Waals surface area contributed by atoms with Crippen LogP contribution in [0.1, 0.15) is 19.8 Å². The number of hydrogen-bond donors (Lipinski definition) is 2. The number of nitrogens with one attached hydrogen (secondary N) is 1. The van der Waals surface area contributed by atoms with Gasteiger partial charge < -0.3 is 15.2 Å². The Hall–Kier alpha value is -2.13. The molecule has 0 radical (unpaired) electrons. The van der Waals surface area contributed by atoms with E-state index in [0.717, 1.165) is 0 Å². The van der Waals surface area contributed by atoms with Crippen molar-refractivity contribution in [2.45, 2.75) is 30.8 Å². The molecule has 1 atom stereocenters. The van der Waals surface area contributed by atoms with Gasteiger partial charge in [-0.2, -0.15) is 4.31 Å². The largest absolute Gasteiger partial charge is 0.481 e. The smallest absolute Gasteiger partial charge is 0.306 e. The Morgan fingerprint density at radius 2 is 2.00 bits per heavy atom. The number of sulfonamides is 1. The lowest BCUT2D eigenvalue weighted by Crippen LogP contribution is -2.40. The van der Waals surface area contributed by atoms with E-state index in [0.29, 0.717) is 11.4 Å². The number of amides is 1. The maximum absolute atomic E-state index is 12.7. The van der Waals surface area contributed by atoms with Gasteiger partial charge in [0.25, 0.3) is 5.91 Å². The number of fused-ring (bicyclic) bond motifs is 1. The fourth-order valence-corrected chi connectivity index (χ4v) is 4.34. The molecule has 1 amide bonds. The molecule has 130 valence electrons. The van der Waals surface area contributed by atoms with E-state index in [2.05, 4.69) is 5.32 Å². The average molecular weight is 354 g/mol. The topological polar surface area (TPSA) is 113 Å². The van der Waals surface area contributed by atoms with Gasteiger partial charge in [0.1, 0.15) is 5.75 Å². The number of ether oxygens (including phenoxy) is 1. The van der Waals surface area contributed by atoms with E-state index < -0.39 is 28.0 Å². The van der Waals surface area contributed by atoms with Gasteiger partial charge in [0.05, 0.1) is 16.5 Å². The van der Waals surface area contributed by atoms with Crippen molar-refractivity contribution in [2.75, 3.05) is 18.4 Å². The molecule has 1 fully saturated rings. The first-order valence-electron chi connectivity index (χ1n) is 7.63. The van der Waals surface area contributed by atoms with Crippen LogP contribution in [0, 0.1) is 5.92 Å². The van der Waals surface area contributed by atoms with Gasteiger partial charge in [-0.3, -0.25) is 9.59 Å². The summed E-state index contributed by atoms with van der Waals surface area (Å²) < 4.78 is 32.1. The van der Waals surface area contributed by atoms with E-state index in [4.69, 9.17) is 9.84 Å². The molecule has 2 N–H and O–H groups in total. The van der Waals surface area contributed by atoms with Gasteiger partial charge in [0.15, 0.2) is 6.10 Å². The summed E-state index contributed by atoms with van der Waals surface area (Å²) in [5.41, 5.74) is 0.319. The molecule has 3 rings (SSSR count). The molecule has 0 spiro atoms. The fraction of sp³-hybridized carbons (Fsp3) is 0.467. The number of carbonyl (C=O) groups excluding carboxylic acids is 1. The summed E-state index contributed by atoms with van der Waals surface area (Å²) in [7, 11) is -3.74. The third-order valence-electron chi connectivity index (χ3n) is 4.32. The maximum Gasteiger partial charge on any atom is 0.306 e. The highest BCUT2D eigenvalue weighted by molar-refractivity contribution is 7.89. The zero-order chi connectivity index (χ0) is 17.5. The Labute approximate surface area is 139 Å². The first kappa shape index (κ1) is 16.7. The number of carbonyl (C=O) groups is 2. The highest BCUT2D eigenvalue weighted by Gasteiger charge is 2.33. The van der Waals surface area contributed by atoms with Crippen LogP contribution in [0.2, 0.25) is 0 Å². The summed E-state index contributed by atoms with van der Waals surface area (Å²) in [4.78, 5) is 22.7. The predicted molar refractivity (Wildman–Crippen MR) is 84.3 cm³/mol. The summed E-state index contributed by atoms with van der Waals surface area (Å²) in [5.74, 6) is -1.31. The Bertz CT molecular complexity index is 783. The van der Waals surface area contributed by atoms with E-state index >= 15 is 0 Å². The fourth-order valence-electron chi connectivity index (χ4n) is 2.84. The lowest BCUT2D eigenvalue weighted by molar-refractivity contribution is -0.142. The summed E-state index contributed by atoms with van der Waals surface area (Å²) in [5, 5.41) is 11.6. The Morgan fingerprint density at radius 3 is 2.62 bits per heavy atom. The van der Waals surface area contributed by atoms with Crippen LogP contribution in [-0.4, -0.2) is 48.9 Å². The normalized spacial score (nSPS) is 22.4. The van der Waals surface area contributed by atoms with Gasteiger partial charge in [-0.25, -0.2) is 8.42 Å². The lowest BCUT2D eigenvalue weighted by Gasteiger charge is -2.30. The molecule has 0 aromatic heterocycles. The lowest BCUT2D eigenvalue weighted by atomic mass is 9.99. The molecule has 1 aromatic carbocycles. The van der Waals surface area contributed by atoms with Crippen molar-refractivity contribution in [2.24, 2.45) is 5.92 Å². The summed E-state index contributed by atoms with van der Waals surface area (Å²) in [6, 6.07) is 4.32. The number of benzene rings is 1. The standard InChI is InChI=1S/C15H18N2O6S/c1-9-14(18)16-12-8-11(2-3-13(12)23-9)24(21,22)17-6-4-10(5-7-17)15(19)20/h2-3,8-10H,4-7H2,1H3,(H,16,18)(H,19,20)/t9-/m0/s1. The van der Waals surface area contributed by atoms with Gasteiger partial charge in [0, 0.05) is 13.1 Å². The van der Waals surface area contributed by atoms with Crippen LogP contribution in [0.25, 0.3) is 0 Å². The number of carboxylic acid groups (broad SMARTS) is 1. The van der Waals surface area contributed by atoms with Gasteiger partial charge in [-0.05, 0) is 38.0 Å². The van der Waals surface area contributed by atoms with Crippen molar-refractivity contribution in [1.82, 2.24) is 4.31 Å². The first-order valence-corrected chi connectivity index (χ1v) is 9.07. The number of rotatable bonds is 3. The van der Waals surface area contributed by atoms with Crippen molar-refractivity contribution >= 4 is 27.6 Å². The molecule has 0 aliphatic carbocycles. The monoisotopic (exact) mass is 354 g/mol. The second kappa shape index (κ2) is 6.06. The van der Waals surface area contributed by atoms with Gasteiger partial charge >= 0.3 is 5.97 Å². The highest BCUT2D eigenvalue weighted by Crippen LogP contribution is 2.33. The van der Waals surface area contributed by atoms with Crippen LogP contribution < -0.4 is 10.1 Å². The second-order valence-corrected chi connectivity index (χ2v) is 7.86. The minimum atomic E-state index is -3.74. The Balaban J connectivity index is 1.82. The van der Waals surface area contributed by atoms with Crippen molar-refractivity contribution in [3.63, 3.8) is 0 Å². The molecule has 0 unspecified atom stereocenters. The third-order valence-corrected chi connectivity index (χ3v) is 6.22. The van der Waals surface area contributed by atoms with Crippen LogP contribution in [0.15, 0.2) is 23.1 Å². The SMILES string of the molecule is C[C@@H]1Oc2ccc(S(=O)(=O)N3CCC(C(=O)O)CC3)cc2NC1=O. The van der Waals surface area contributed by atoms with Crippen molar-refractivity contribution in [3.05, 3.63) is 18.2 Å². The molecule has 1 aromatic rings. The molecule has 2 heterocycles. The second-order valence-electron chi connectivity index (χ2n) is 5.92. The van der Waals surface area contributed by atoms with Crippen LogP contribution in [-0.2, 0) is 19.6 Å². The van der Waals surface area contributed by atoms with Gasteiger partial charge in [0.2, 0.25) is 10.0 Å². The Kier molecular flexibility index (Phi) is 4.22. The number of carboxylic acids is 1. The van der Waals surface area contributed by atoms with E-state index in [1.807, 2.05) is 0 Å².